The number of likely N-dealkylation sites (tertiary alicyclic amines) is 1. The van der Waals surface area contributed by atoms with Crippen LogP contribution in [-0.2, 0) is 19.4 Å². The molecule has 0 aliphatic carbocycles. The lowest BCUT2D eigenvalue weighted by Gasteiger charge is -2.35. The number of nitrogens with zero attached hydrogens (tertiary/aromatic N) is 3. The van der Waals surface area contributed by atoms with Crippen LogP contribution in [-0.4, -0.2) is 86.4 Å². The average Bonchev–Trinajstić information content (AvgIpc) is 3.20. The van der Waals surface area contributed by atoms with Crippen LogP contribution in [0, 0.1) is 6.92 Å². The second-order valence-corrected chi connectivity index (χ2v) is 9.35. The van der Waals surface area contributed by atoms with Gasteiger partial charge in [0, 0.05) is 51.1 Å². The van der Waals surface area contributed by atoms with Crippen molar-refractivity contribution in [2.45, 2.75) is 24.7 Å². The molecule has 0 saturated carbocycles. The highest BCUT2D eigenvalue weighted by Crippen LogP contribution is 2.19. The standard InChI is InChI=1S/C19H25N3O5S/c1-14-5-6-15(28(2,26)27)13-16(14)17(23)21-9-11-22(12-10-21)19(25)18(24)20-7-3-4-8-20/h5-6,13H,3-4,7-12H2,1-2H3. The van der Waals surface area contributed by atoms with Crippen molar-refractivity contribution in [3.05, 3.63) is 29.3 Å². The van der Waals surface area contributed by atoms with Crippen molar-refractivity contribution in [2.24, 2.45) is 0 Å². The van der Waals surface area contributed by atoms with Crippen molar-refractivity contribution in [1.82, 2.24) is 14.7 Å². The highest BCUT2D eigenvalue weighted by Gasteiger charge is 2.32. The summed E-state index contributed by atoms with van der Waals surface area (Å²) in [6.07, 6.45) is 2.95. The molecule has 0 bridgehead atoms. The predicted molar refractivity (Wildman–Crippen MR) is 103 cm³/mol. The minimum atomic E-state index is -3.41. The predicted octanol–water partition coefficient (Wildman–Crippen LogP) is 0.305. The zero-order valence-electron chi connectivity index (χ0n) is 16.2. The van der Waals surface area contributed by atoms with E-state index in [0.717, 1.165) is 19.1 Å². The van der Waals surface area contributed by atoms with Gasteiger partial charge in [-0.1, -0.05) is 6.07 Å². The van der Waals surface area contributed by atoms with Crippen LogP contribution in [0.2, 0.25) is 0 Å². The summed E-state index contributed by atoms with van der Waals surface area (Å²) in [4.78, 5) is 42.3. The van der Waals surface area contributed by atoms with Crippen LogP contribution in [0.3, 0.4) is 0 Å². The summed E-state index contributed by atoms with van der Waals surface area (Å²) in [5, 5.41) is 0. The molecule has 8 nitrogen and oxygen atoms in total. The first-order valence-corrected chi connectivity index (χ1v) is 11.3. The number of piperazine rings is 1. The molecule has 1 aromatic rings. The molecule has 2 aliphatic heterocycles. The first kappa shape index (κ1) is 20.3. The van der Waals surface area contributed by atoms with E-state index in [2.05, 4.69) is 0 Å². The number of aryl methyl sites for hydroxylation is 1. The van der Waals surface area contributed by atoms with Gasteiger partial charge in [0.15, 0.2) is 9.84 Å². The number of hydrogen-bond acceptors (Lipinski definition) is 5. The lowest BCUT2D eigenvalue weighted by atomic mass is 10.1. The van der Waals surface area contributed by atoms with Crippen molar-refractivity contribution in [2.75, 3.05) is 45.5 Å². The van der Waals surface area contributed by atoms with E-state index >= 15 is 0 Å². The topological polar surface area (TPSA) is 95.1 Å². The van der Waals surface area contributed by atoms with Crippen molar-refractivity contribution in [3.63, 3.8) is 0 Å². The molecule has 2 heterocycles. The Bertz CT molecular complexity index is 898. The fraction of sp³-hybridized carbons (Fsp3) is 0.526. The number of rotatable bonds is 2. The third-order valence-electron chi connectivity index (χ3n) is 5.30. The lowest BCUT2D eigenvalue weighted by Crippen LogP contribution is -2.54. The molecule has 0 unspecified atom stereocenters. The number of carbonyl (C=O) groups is 3. The molecule has 0 radical (unpaired) electrons. The Balaban J connectivity index is 1.65. The van der Waals surface area contributed by atoms with Crippen LogP contribution in [0.1, 0.15) is 28.8 Å². The lowest BCUT2D eigenvalue weighted by molar-refractivity contribution is -0.152. The number of hydrogen-bond donors (Lipinski definition) is 0. The maximum absolute atomic E-state index is 12.9. The smallest absolute Gasteiger partial charge is 0.312 e. The zero-order valence-corrected chi connectivity index (χ0v) is 17.0. The van der Waals surface area contributed by atoms with E-state index in [0.29, 0.717) is 37.3 Å². The molecule has 0 spiro atoms. The van der Waals surface area contributed by atoms with E-state index in [9.17, 15) is 22.8 Å². The maximum atomic E-state index is 12.9. The van der Waals surface area contributed by atoms with Crippen molar-refractivity contribution < 1.29 is 22.8 Å². The summed E-state index contributed by atoms with van der Waals surface area (Å²) >= 11 is 0. The monoisotopic (exact) mass is 407 g/mol. The molecular formula is C19H25N3O5S. The summed E-state index contributed by atoms with van der Waals surface area (Å²) < 4.78 is 23.6. The molecule has 2 fully saturated rings. The fourth-order valence-corrected chi connectivity index (χ4v) is 4.18. The molecule has 1 aromatic carbocycles. The first-order chi connectivity index (χ1) is 13.2. The second kappa shape index (κ2) is 7.90. The molecule has 28 heavy (non-hydrogen) atoms. The summed E-state index contributed by atoms with van der Waals surface area (Å²) in [6, 6.07) is 4.52. The van der Waals surface area contributed by atoms with Gasteiger partial charge in [0.2, 0.25) is 0 Å². The van der Waals surface area contributed by atoms with Gasteiger partial charge in [-0.25, -0.2) is 8.42 Å². The Kier molecular flexibility index (Phi) is 5.74. The summed E-state index contributed by atoms with van der Waals surface area (Å²) in [7, 11) is -3.41. The number of carbonyl (C=O) groups excluding carboxylic acids is 3. The minimum Gasteiger partial charge on any atom is -0.335 e. The van der Waals surface area contributed by atoms with Crippen LogP contribution in [0.25, 0.3) is 0 Å². The van der Waals surface area contributed by atoms with E-state index in [-0.39, 0.29) is 23.9 Å². The van der Waals surface area contributed by atoms with E-state index in [4.69, 9.17) is 0 Å². The maximum Gasteiger partial charge on any atom is 0.312 e. The zero-order chi connectivity index (χ0) is 20.5. The van der Waals surface area contributed by atoms with Crippen LogP contribution in [0.15, 0.2) is 23.1 Å². The van der Waals surface area contributed by atoms with Crippen molar-refractivity contribution in [3.8, 4) is 0 Å². The van der Waals surface area contributed by atoms with Gasteiger partial charge in [-0.15, -0.1) is 0 Å². The van der Waals surface area contributed by atoms with Crippen LogP contribution in [0.5, 0.6) is 0 Å². The molecule has 0 aromatic heterocycles. The molecule has 0 N–H and O–H groups in total. The number of amides is 3. The Morgan fingerprint density at radius 3 is 1.86 bits per heavy atom. The van der Waals surface area contributed by atoms with Gasteiger partial charge >= 0.3 is 11.8 Å². The minimum absolute atomic E-state index is 0.103. The van der Waals surface area contributed by atoms with Gasteiger partial charge in [-0.3, -0.25) is 14.4 Å². The van der Waals surface area contributed by atoms with Crippen LogP contribution < -0.4 is 0 Å². The molecule has 152 valence electrons. The van der Waals surface area contributed by atoms with Crippen LogP contribution >= 0.6 is 0 Å². The Hall–Kier alpha value is -2.42. The molecule has 3 rings (SSSR count). The molecule has 2 saturated heterocycles. The molecular weight excluding hydrogens is 382 g/mol. The summed E-state index contributed by atoms with van der Waals surface area (Å²) in [6.45, 7) is 4.19. The summed E-state index contributed by atoms with van der Waals surface area (Å²) in [5.74, 6) is -1.24. The average molecular weight is 407 g/mol. The Labute approximate surface area is 165 Å². The normalized spacial score (nSPS) is 17.7. The Morgan fingerprint density at radius 1 is 0.821 bits per heavy atom. The van der Waals surface area contributed by atoms with Gasteiger partial charge in [-0.2, -0.15) is 0 Å². The van der Waals surface area contributed by atoms with Crippen LogP contribution in [0.4, 0.5) is 0 Å². The van der Waals surface area contributed by atoms with Gasteiger partial charge < -0.3 is 14.7 Å². The second-order valence-electron chi connectivity index (χ2n) is 7.33. The quantitative estimate of drug-likeness (QED) is 0.658. The third-order valence-corrected chi connectivity index (χ3v) is 6.41. The third kappa shape index (κ3) is 4.19. The van der Waals surface area contributed by atoms with Gasteiger partial charge in [0.05, 0.1) is 4.90 Å². The largest absolute Gasteiger partial charge is 0.335 e. The van der Waals surface area contributed by atoms with Gasteiger partial charge in [-0.05, 0) is 37.5 Å². The van der Waals surface area contributed by atoms with E-state index in [1.807, 2.05) is 0 Å². The van der Waals surface area contributed by atoms with Gasteiger partial charge in [0.1, 0.15) is 0 Å². The molecule has 3 amide bonds. The van der Waals surface area contributed by atoms with E-state index in [1.165, 1.54) is 17.0 Å². The first-order valence-electron chi connectivity index (χ1n) is 9.36. The van der Waals surface area contributed by atoms with E-state index < -0.39 is 21.7 Å². The van der Waals surface area contributed by atoms with E-state index in [1.54, 1.807) is 22.8 Å². The summed E-state index contributed by atoms with van der Waals surface area (Å²) in [5.41, 5.74) is 1.04. The SMILES string of the molecule is Cc1ccc(S(C)(=O)=O)cc1C(=O)N1CCN(C(=O)C(=O)N2CCCC2)CC1. The fourth-order valence-electron chi connectivity index (χ4n) is 3.54. The molecule has 9 heteroatoms. The number of sulfone groups is 1. The molecule has 0 atom stereocenters. The van der Waals surface area contributed by atoms with Crippen molar-refractivity contribution >= 4 is 27.6 Å². The molecule has 2 aliphatic rings. The van der Waals surface area contributed by atoms with Crippen molar-refractivity contribution in [1.29, 1.82) is 0 Å². The van der Waals surface area contributed by atoms with Gasteiger partial charge in [0.25, 0.3) is 5.91 Å². The highest BCUT2D eigenvalue weighted by atomic mass is 32.2. The highest BCUT2D eigenvalue weighted by molar-refractivity contribution is 7.90. The number of benzene rings is 1. The Morgan fingerprint density at radius 2 is 1.32 bits per heavy atom.